The van der Waals surface area contributed by atoms with Gasteiger partial charge in [-0.1, -0.05) is 5.16 Å². The van der Waals surface area contributed by atoms with E-state index in [2.05, 4.69) is 20.8 Å². The number of hydrogen-bond acceptors (Lipinski definition) is 6. The molecule has 0 spiro atoms. The lowest BCUT2D eigenvalue weighted by molar-refractivity contribution is 0.279. The first kappa shape index (κ1) is 9.02. The molecule has 0 unspecified atom stereocenters. The number of hydrogen-bond donors (Lipinski definition) is 2. The maximum Gasteiger partial charge on any atom is 0.215 e. The lowest BCUT2D eigenvalue weighted by atomic mass is 10.4. The van der Waals surface area contributed by atoms with Gasteiger partial charge in [0, 0.05) is 13.6 Å². The van der Waals surface area contributed by atoms with E-state index in [1.165, 1.54) is 6.26 Å². The van der Waals surface area contributed by atoms with Crippen LogP contribution in [0.1, 0.15) is 7.12 Å². The second-order valence-electron chi connectivity index (χ2n) is 3.36. The first-order valence-electron chi connectivity index (χ1n) is 4.93. The Morgan fingerprint density at radius 2 is 2.38 bits per heavy atom. The van der Waals surface area contributed by atoms with E-state index in [0.717, 1.165) is 17.2 Å². The molecular weight excluding hydrogens is 208 g/mol. The summed E-state index contributed by atoms with van der Waals surface area (Å²) in [6.45, 7) is 1.06. The molecule has 1 aliphatic heterocycles. The van der Waals surface area contributed by atoms with Gasteiger partial charge in [-0.3, -0.25) is 0 Å². The monoisotopic (exact) mass is 220 g/mol. The summed E-state index contributed by atoms with van der Waals surface area (Å²) >= 11 is 0. The number of nitrogens with zero attached hydrogens (tertiary/aromatic N) is 2. The summed E-state index contributed by atoms with van der Waals surface area (Å²) in [4.78, 5) is 4.30. The van der Waals surface area contributed by atoms with E-state index in [4.69, 9.17) is 9.26 Å². The summed E-state index contributed by atoms with van der Waals surface area (Å²) < 4.78 is 10.2. The van der Waals surface area contributed by atoms with Gasteiger partial charge >= 0.3 is 0 Å². The van der Waals surface area contributed by atoms with E-state index in [-0.39, 0.29) is 1.43 Å². The summed E-state index contributed by atoms with van der Waals surface area (Å²) in [6, 6.07) is 5.51. The molecule has 0 amide bonds. The van der Waals surface area contributed by atoms with Crippen LogP contribution >= 0.6 is 0 Å². The van der Waals surface area contributed by atoms with E-state index < -0.39 is 0 Å². The molecule has 0 saturated heterocycles. The van der Waals surface area contributed by atoms with Crippen LogP contribution < -0.4 is 15.4 Å². The highest BCUT2D eigenvalue weighted by Crippen LogP contribution is 2.26. The molecule has 0 saturated carbocycles. The Kier molecular flexibility index (Phi) is 2.10. The molecule has 0 bridgehead atoms. The predicted molar refractivity (Wildman–Crippen MR) is 59.3 cm³/mol. The molecule has 2 N–H and O–H groups in total. The van der Waals surface area contributed by atoms with Crippen molar-refractivity contribution < 1.29 is 10.7 Å². The van der Waals surface area contributed by atoms with Gasteiger partial charge in [-0.2, -0.15) is 4.98 Å². The molecular formula is C10H12N4O2. The van der Waals surface area contributed by atoms with Crippen LogP contribution in [0.3, 0.4) is 0 Å². The number of nitrogens with one attached hydrogen (secondary N) is 2. The Hall–Kier alpha value is -2.24. The van der Waals surface area contributed by atoms with Gasteiger partial charge in [-0.05, 0) is 6.07 Å². The Morgan fingerprint density at radius 3 is 3.25 bits per heavy atom. The second-order valence-corrected chi connectivity index (χ2v) is 3.36. The van der Waals surface area contributed by atoms with Crippen LogP contribution in [0.5, 0.6) is 5.88 Å². The Balaban J connectivity index is 0.00000108. The second kappa shape index (κ2) is 3.73. The van der Waals surface area contributed by atoms with Crippen LogP contribution in [-0.2, 0) is 6.61 Å². The maximum absolute atomic E-state index is 5.47. The van der Waals surface area contributed by atoms with Crippen LogP contribution in [0.15, 0.2) is 29.0 Å². The minimum absolute atomic E-state index is 0. The first-order chi connectivity index (χ1) is 7.92. The van der Waals surface area contributed by atoms with Crippen LogP contribution in [0.2, 0.25) is 0 Å². The highest BCUT2D eigenvalue weighted by atomic mass is 16.5. The molecule has 2 aromatic heterocycles. The molecule has 3 rings (SSSR count). The molecule has 1 aliphatic rings. The van der Waals surface area contributed by atoms with Crippen molar-refractivity contribution >= 4 is 11.5 Å². The van der Waals surface area contributed by atoms with Gasteiger partial charge in [-0.25, -0.2) is 0 Å². The van der Waals surface area contributed by atoms with E-state index >= 15 is 0 Å². The molecule has 0 aromatic carbocycles. The highest BCUT2D eigenvalue weighted by molar-refractivity contribution is 5.69. The van der Waals surface area contributed by atoms with E-state index in [0.29, 0.717) is 19.2 Å². The lowest BCUT2D eigenvalue weighted by Crippen LogP contribution is -2.00. The summed E-state index contributed by atoms with van der Waals surface area (Å²) in [5.74, 6) is 1.38. The average Bonchev–Trinajstić information content (AvgIpc) is 2.97. The van der Waals surface area contributed by atoms with Gasteiger partial charge in [0.2, 0.25) is 5.88 Å². The fraction of sp³-hybridized carbons (Fsp3) is 0.200. The van der Waals surface area contributed by atoms with E-state index in [1.54, 1.807) is 6.07 Å². The smallest absolute Gasteiger partial charge is 0.215 e. The standard InChI is InChI=1S/C10H10N4O2.H2/c1-2-9(13-10-8(1)11-6-12-10)15-5-7-3-4-16-14-7;/h1-4,11H,5-6H2,(H,12,13);1H. The van der Waals surface area contributed by atoms with Crippen molar-refractivity contribution in [3.05, 3.63) is 30.2 Å². The molecule has 84 valence electrons. The Bertz CT molecular complexity index is 489. The zero-order valence-corrected chi connectivity index (χ0v) is 8.43. The normalized spacial score (nSPS) is 12.8. The molecule has 0 atom stereocenters. The molecule has 6 nitrogen and oxygen atoms in total. The van der Waals surface area contributed by atoms with Crippen LogP contribution in [0.25, 0.3) is 0 Å². The molecule has 2 aromatic rings. The molecule has 0 radical (unpaired) electrons. The van der Waals surface area contributed by atoms with Crippen molar-refractivity contribution in [1.29, 1.82) is 0 Å². The minimum Gasteiger partial charge on any atom is -0.471 e. The van der Waals surface area contributed by atoms with Gasteiger partial charge in [-0.15, -0.1) is 0 Å². The van der Waals surface area contributed by atoms with E-state index in [1.807, 2.05) is 12.1 Å². The highest BCUT2D eigenvalue weighted by Gasteiger charge is 2.11. The van der Waals surface area contributed by atoms with Crippen molar-refractivity contribution in [2.75, 3.05) is 17.3 Å². The molecule has 6 heteroatoms. The fourth-order valence-corrected chi connectivity index (χ4v) is 1.48. The Morgan fingerprint density at radius 1 is 1.38 bits per heavy atom. The minimum atomic E-state index is 0. The summed E-state index contributed by atoms with van der Waals surface area (Å²) in [5.41, 5.74) is 1.74. The Labute approximate surface area is 93.1 Å². The number of aromatic nitrogens is 2. The summed E-state index contributed by atoms with van der Waals surface area (Å²) in [7, 11) is 0. The van der Waals surface area contributed by atoms with Gasteiger partial charge in [0.05, 0.1) is 12.4 Å². The zero-order valence-electron chi connectivity index (χ0n) is 8.43. The van der Waals surface area contributed by atoms with Gasteiger partial charge < -0.3 is 19.9 Å². The van der Waals surface area contributed by atoms with E-state index in [9.17, 15) is 0 Å². The SMILES string of the molecule is [HH].c1cc(COc2ccc3c(n2)NCN3)no1. The van der Waals surface area contributed by atoms with Crippen molar-refractivity contribution in [2.45, 2.75) is 6.61 Å². The maximum atomic E-state index is 5.47. The number of pyridine rings is 1. The van der Waals surface area contributed by atoms with Crippen molar-refractivity contribution in [1.82, 2.24) is 10.1 Å². The van der Waals surface area contributed by atoms with Gasteiger partial charge in [0.15, 0.2) is 5.82 Å². The number of fused-ring (bicyclic) bond motifs is 1. The third-order valence-electron chi connectivity index (χ3n) is 2.26. The predicted octanol–water partition coefficient (Wildman–Crippen LogP) is 1.69. The molecule has 0 aliphatic carbocycles. The summed E-state index contributed by atoms with van der Waals surface area (Å²) in [6.07, 6.45) is 1.51. The van der Waals surface area contributed by atoms with Crippen LogP contribution in [0.4, 0.5) is 11.5 Å². The number of anilines is 2. The largest absolute Gasteiger partial charge is 0.471 e. The third kappa shape index (κ3) is 1.65. The quantitative estimate of drug-likeness (QED) is 0.820. The van der Waals surface area contributed by atoms with Gasteiger partial charge in [0.25, 0.3) is 0 Å². The number of rotatable bonds is 3. The molecule has 16 heavy (non-hydrogen) atoms. The number of ether oxygens (including phenoxy) is 1. The lowest BCUT2D eigenvalue weighted by Gasteiger charge is -2.04. The molecule has 0 fully saturated rings. The third-order valence-corrected chi connectivity index (χ3v) is 2.26. The molecule has 3 heterocycles. The van der Waals surface area contributed by atoms with Crippen molar-refractivity contribution in [2.24, 2.45) is 0 Å². The first-order valence-corrected chi connectivity index (χ1v) is 4.93. The topological polar surface area (TPSA) is 72.2 Å². The van der Waals surface area contributed by atoms with Gasteiger partial charge in [0.1, 0.15) is 18.6 Å². The van der Waals surface area contributed by atoms with Crippen molar-refractivity contribution in [3.63, 3.8) is 0 Å². The fourth-order valence-electron chi connectivity index (χ4n) is 1.48. The van der Waals surface area contributed by atoms with Crippen LogP contribution in [-0.4, -0.2) is 16.8 Å². The summed E-state index contributed by atoms with van der Waals surface area (Å²) in [5, 5.41) is 9.99. The van der Waals surface area contributed by atoms with Crippen LogP contribution in [0, 0.1) is 0 Å². The average molecular weight is 220 g/mol. The van der Waals surface area contributed by atoms with Crippen molar-refractivity contribution in [3.8, 4) is 5.88 Å². The zero-order chi connectivity index (χ0) is 10.8.